The first-order valence-corrected chi connectivity index (χ1v) is 6.48. The minimum atomic E-state index is 0.655. The van der Waals surface area contributed by atoms with Crippen LogP contribution >= 0.6 is 0 Å². The van der Waals surface area contributed by atoms with E-state index in [1.165, 1.54) is 44.9 Å². The molecule has 92 valence electrons. The number of aliphatic imine (C=N–C) groups is 1. The molecule has 0 aromatic carbocycles. The van der Waals surface area contributed by atoms with E-state index < -0.39 is 0 Å². The van der Waals surface area contributed by atoms with Crippen LogP contribution < -0.4 is 11.3 Å². The second-order valence-corrected chi connectivity index (χ2v) is 5.24. The van der Waals surface area contributed by atoms with E-state index in [1.54, 1.807) is 7.05 Å². The summed E-state index contributed by atoms with van der Waals surface area (Å²) in [5.74, 6) is 6.30. The van der Waals surface area contributed by atoms with Crippen LogP contribution in [-0.2, 0) is 0 Å². The summed E-state index contributed by atoms with van der Waals surface area (Å²) in [5.41, 5.74) is 3.34. The first-order chi connectivity index (χ1) is 7.79. The first-order valence-electron chi connectivity index (χ1n) is 6.48. The first kappa shape index (κ1) is 11.7. The van der Waals surface area contributed by atoms with Crippen molar-refractivity contribution in [3.63, 3.8) is 0 Å². The smallest absolute Gasteiger partial charge is 0.208 e. The molecule has 1 saturated heterocycles. The van der Waals surface area contributed by atoms with E-state index in [9.17, 15) is 0 Å². The summed E-state index contributed by atoms with van der Waals surface area (Å²) in [6.45, 7) is 2.22. The lowest BCUT2D eigenvalue weighted by Crippen LogP contribution is -2.50. The Balaban J connectivity index is 1.90. The number of rotatable bonds is 0. The highest BCUT2D eigenvalue weighted by Crippen LogP contribution is 2.44. The minimum absolute atomic E-state index is 0.655. The Labute approximate surface area is 98.3 Å². The van der Waals surface area contributed by atoms with Gasteiger partial charge in [-0.25, -0.2) is 5.84 Å². The third kappa shape index (κ3) is 2.32. The van der Waals surface area contributed by atoms with Gasteiger partial charge in [0.15, 0.2) is 0 Å². The van der Waals surface area contributed by atoms with Crippen LogP contribution in [0.5, 0.6) is 0 Å². The van der Waals surface area contributed by atoms with Gasteiger partial charge < -0.3 is 4.90 Å². The lowest BCUT2D eigenvalue weighted by atomic mass is 9.68. The zero-order valence-electron chi connectivity index (χ0n) is 10.3. The summed E-state index contributed by atoms with van der Waals surface area (Å²) in [7, 11) is 1.79. The maximum absolute atomic E-state index is 5.46. The van der Waals surface area contributed by atoms with Crippen LogP contribution in [-0.4, -0.2) is 31.0 Å². The fourth-order valence-corrected chi connectivity index (χ4v) is 3.29. The van der Waals surface area contributed by atoms with Crippen molar-refractivity contribution in [2.24, 2.45) is 16.3 Å². The van der Waals surface area contributed by atoms with E-state index in [2.05, 4.69) is 15.3 Å². The summed E-state index contributed by atoms with van der Waals surface area (Å²) >= 11 is 0. The molecule has 0 amide bonds. The molecule has 0 aromatic heterocycles. The van der Waals surface area contributed by atoms with Gasteiger partial charge >= 0.3 is 0 Å². The van der Waals surface area contributed by atoms with Gasteiger partial charge in [0.25, 0.3) is 0 Å². The Morgan fingerprint density at radius 2 is 1.75 bits per heavy atom. The van der Waals surface area contributed by atoms with E-state index >= 15 is 0 Å². The molecule has 2 fully saturated rings. The number of guanidine groups is 1. The molecular formula is C12H24N4. The number of nitrogens with zero attached hydrogens (tertiary/aromatic N) is 2. The van der Waals surface area contributed by atoms with Gasteiger partial charge in [-0.3, -0.25) is 10.4 Å². The molecule has 3 N–H and O–H groups in total. The van der Waals surface area contributed by atoms with Gasteiger partial charge in [-0.15, -0.1) is 0 Å². The lowest BCUT2D eigenvalue weighted by Gasteiger charge is -2.44. The Morgan fingerprint density at radius 3 is 2.25 bits per heavy atom. The fraction of sp³-hybridized carbons (Fsp3) is 0.917. The van der Waals surface area contributed by atoms with Crippen molar-refractivity contribution in [3.05, 3.63) is 0 Å². The van der Waals surface area contributed by atoms with E-state index in [0.717, 1.165) is 19.0 Å². The molecule has 1 spiro atoms. The van der Waals surface area contributed by atoms with Crippen molar-refractivity contribution in [1.29, 1.82) is 0 Å². The molecule has 0 unspecified atom stereocenters. The molecule has 4 nitrogen and oxygen atoms in total. The molecule has 0 atom stereocenters. The molecule has 1 saturated carbocycles. The highest BCUT2D eigenvalue weighted by Gasteiger charge is 2.35. The second kappa shape index (κ2) is 5.04. The molecule has 2 aliphatic rings. The van der Waals surface area contributed by atoms with Crippen LogP contribution in [0.1, 0.15) is 44.9 Å². The molecule has 0 aromatic rings. The normalized spacial score (nSPS) is 25.9. The van der Waals surface area contributed by atoms with E-state index in [-0.39, 0.29) is 0 Å². The Bertz CT molecular complexity index is 246. The molecule has 1 aliphatic carbocycles. The molecule has 16 heavy (non-hydrogen) atoms. The summed E-state index contributed by atoms with van der Waals surface area (Å²) in [6.07, 6.45) is 9.82. The molecule has 0 radical (unpaired) electrons. The van der Waals surface area contributed by atoms with Gasteiger partial charge in [-0.05, 0) is 31.1 Å². The van der Waals surface area contributed by atoms with Crippen molar-refractivity contribution in [2.45, 2.75) is 44.9 Å². The summed E-state index contributed by atoms with van der Waals surface area (Å²) in [4.78, 5) is 6.45. The number of likely N-dealkylation sites (tertiary alicyclic amines) is 1. The van der Waals surface area contributed by atoms with Gasteiger partial charge in [0, 0.05) is 20.1 Å². The Hall–Kier alpha value is -0.770. The standard InChI is InChI=1S/C12H24N4/c1-14-11(15-13)16-9-7-12(8-10-16)5-3-2-4-6-12/h2-10,13H2,1H3,(H,14,15). The summed E-state index contributed by atoms with van der Waals surface area (Å²) < 4.78 is 0. The second-order valence-electron chi connectivity index (χ2n) is 5.24. The average Bonchev–Trinajstić information content (AvgIpc) is 2.34. The van der Waals surface area contributed by atoms with Gasteiger partial charge in [0.05, 0.1) is 0 Å². The largest absolute Gasteiger partial charge is 0.342 e. The zero-order chi connectivity index (χ0) is 11.4. The van der Waals surface area contributed by atoms with Gasteiger partial charge in [-0.2, -0.15) is 0 Å². The summed E-state index contributed by atoms with van der Waals surface area (Å²) in [5, 5.41) is 0. The highest BCUT2D eigenvalue weighted by atomic mass is 15.4. The number of hydrazine groups is 1. The van der Waals surface area contributed by atoms with Crippen LogP contribution in [0, 0.1) is 5.41 Å². The molecule has 1 aliphatic heterocycles. The summed E-state index contributed by atoms with van der Waals surface area (Å²) in [6, 6.07) is 0. The monoisotopic (exact) mass is 224 g/mol. The maximum atomic E-state index is 5.46. The van der Waals surface area contributed by atoms with Crippen molar-refractivity contribution < 1.29 is 0 Å². The predicted octanol–water partition coefficient (Wildman–Crippen LogP) is 1.48. The van der Waals surface area contributed by atoms with Crippen LogP contribution in [0.3, 0.4) is 0 Å². The zero-order valence-corrected chi connectivity index (χ0v) is 10.3. The molecule has 0 bridgehead atoms. The highest BCUT2D eigenvalue weighted by molar-refractivity contribution is 5.79. The van der Waals surface area contributed by atoms with Crippen LogP contribution in [0.25, 0.3) is 0 Å². The third-order valence-corrected chi connectivity index (χ3v) is 4.38. The van der Waals surface area contributed by atoms with Gasteiger partial charge in [-0.1, -0.05) is 19.3 Å². The maximum Gasteiger partial charge on any atom is 0.208 e. The van der Waals surface area contributed by atoms with E-state index in [4.69, 9.17) is 5.84 Å². The van der Waals surface area contributed by atoms with Crippen LogP contribution in [0.4, 0.5) is 0 Å². The van der Waals surface area contributed by atoms with Crippen molar-refractivity contribution in [3.8, 4) is 0 Å². The topological polar surface area (TPSA) is 53.6 Å². The number of nitrogens with one attached hydrogen (secondary N) is 1. The van der Waals surface area contributed by atoms with Crippen molar-refractivity contribution in [1.82, 2.24) is 10.3 Å². The quantitative estimate of drug-likeness (QED) is 0.284. The predicted molar refractivity (Wildman–Crippen MR) is 67.0 cm³/mol. The fourth-order valence-electron chi connectivity index (χ4n) is 3.29. The van der Waals surface area contributed by atoms with E-state index in [0.29, 0.717) is 5.41 Å². The van der Waals surface area contributed by atoms with Crippen molar-refractivity contribution >= 4 is 5.96 Å². The van der Waals surface area contributed by atoms with Gasteiger partial charge in [0.1, 0.15) is 0 Å². The van der Waals surface area contributed by atoms with Crippen LogP contribution in [0.15, 0.2) is 4.99 Å². The van der Waals surface area contributed by atoms with E-state index in [1.807, 2.05) is 0 Å². The molecule has 4 heteroatoms. The van der Waals surface area contributed by atoms with Gasteiger partial charge in [0.2, 0.25) is 5.96 Å². The lowest BCUT2D eigenvalue weighted by molar-refractivity contribution is 0.0963. The third-order valence-electron chi connectivity index (χ3n) is 4.38. The van der Waals surface area contributed by atoms with Crippen molar-refractivity contribution in [2.75, 3.05) is 20.1 Å². The number of hydrogen-bond donors (Lipinski definition) is 2. The number of hydrogen-bond acceptors (Lipinski definition) is 2. The number of nitrogens with two attached hydrogens (primary N) is 1. The molecule has 2 rings (SSSR count). The molecule has 1 heterocycles. The molecular weight excluding hydrogens is 200 g/mol. The Kier molecular flexibility index (Phi) is 3.69. The minimum Gasteiger partial charge on any atom is -0.342 e. The SMILES string of the molecule is CN=C(NN)N1CCC2(CCCCC2)CC1. The number of piperidine rings is 1. The van der Waals surface area contributed by atoms with Crippen LogP contribution in [0.2, 0.25) is 0 Å². The Morgan fingerprint density at radius 1 is 1.12 bits per heavy atom. The average molecular weight is 224 g/mol.